The molecule has 2 fully saturated rings. The number of hydrogen-bond acceptors (Lipinski definition) is 8. The van der Waals surface area contributed by atoms with Crippen molar-refractivity contribution in [1.82, 2.24) is 10.1 Å². The van der Waals surface area contributed by atoms with Gasteiger partial charge in [-0.3, -0.25) is 4.79 Å². The molecule has 1 spiro atoms. The van der Waals surface area contributed by atoms with E-state index < -0.39 is 23.9 Å². The normalized spacial score (nSPS) is 21.4. The zero-order valence-electron chi connectivity index (χ0n) is 20.6. The highest BCUT2D eigenvalue weighted by Gasteiger charge is 2.58. The Morgan fingerprint density at radius 3 is 2.32 bits per heavy atom. The number of aliphatic hydroxyl groups excluding tert-OH is 1. The third-order valence-corrected chi connectivity index (χ3v) is 6.86. The molecular weight excluding hydrogens is 440 g/mol. The number of carbonyl (C=O) groups excluding carboxylic acids is 2. The molecular formula is C25H34N2O7. The van der Waals surface area contributed by atoms with Crippen LogP contribution in [0.5, 0.6) is 0 Å². The maximum atomic E-state index is 14.0. The molecule has 9 heteroatoms. The Kier molecular flexibility index (Phi) is 7.00. The topological polar surface area (TPSA) is 97.8 Å². The van der Waals surface area contributed by atoms with Gasteiger partial charge in [0.05, 0.1) is 19.3 Å². The Balaban J connectivity index is 1.86. The van der Waals surface area contributed by atoms with E-state index in [-0.39, 0.29) is 23.9 Å². The number of ether oxygens (including phenoxy) is 2. The molecule has 2 aliphatic heterocycles. The van der Waals surface area contributed by atoms with E-state index in [1.165, 1.54) is 5.06 Å². The van der Waals surface area contributed by atoms with Gasteiger partial charge in [-0.15, -0.1) is 0 Å². The van der Waals surface area contributed by atoms with Crippen LogP contribution in [0.25, 0.3) is 5.57 Å². The molecule has 1 saturated carbocycles. The SMILES string of the molecule is CCOC(=O)OC1=C(c2c(C)cc(C)cc2C)C(=O)N(OC(O)C2CC2)C12CCN(OC)CC2. The molecule has 34 heavy (non-hydrogen) atoms. The summed E-state index contributed by atoms with van der Waals surface area (Å²) in [5, 5.41) is 13.7. The molecule has 0 radical (unpaired) electrons. The Morgan fingerprint density at radius 1 is 1.18 bits per heavy atom. The number of piperidine rings is 1. The zero-order valence-corrected chi connectivity index (χ0v) is 20.6. The third kappa shape index (κ3) is 4.45. The van der Waals surface area contributed by atoms with E-state index in [1.807, 2.05) is 32.9 Å². The van der Waals surface area contributed by atoms with Crippen LogP contribution in [0.3, 0.4) is 0 Å². The van der Waals surface area contributed by atoms with Crippen LogP contribution < -0.4 is 0 Å². The fourth-order valence-electron chi connectivity index (χ4n) is 5.08. The fraction of sp³-hybridized carbons (Fsp3) is 0.600. The highest BCUT2D eigenvalue weighted by molar-refractivity contribution is 6.23. The second-order valence-electron chi connectivity index (χ2n) is 9.34. The predicted molar refractivity (Wildman–Crippen MR) is 123 cm³/mol. The summed E-state index contributed by atoms with van der Waals surface area (Å²) in [6.07, 6.45) is 0.498. The summed E-state index contributed by atoms with van der Waals surface area (Å²) in [5.74, 6) is -0.227. The average Bonchev–Trinajstić information content (AvgIpc) is 3.61. The summed E-state index contributed by atoms with van der Waals surface area (Å²) in [7, 11) is 1.60. The standard InChI is InChI=1S/C25H34N2O7/c1-6-32-24(30)33-21-20(19-16(3)13-15(2)14-17(19)4)22(28)27(34-23(29)18-7-8-18)25(21)9-11-26(31-5)12-10-25/h13-14,18,23,29H,6-12H2,1-5H3. The van der Waals surface area contributed by atoms with E-state index in [0.29, 0.717) is 31.5 Å². The van der Waals surface area contributed by atoms with Crippen LogP contribution in [-0.4, -0.2) is 65.9 Å². The van der Waals surface area contributed by atoms with Gasteiger partial charge in [0.15, 0.2) is 12.0 Å². The molecule has 186 valence electrons. The molecule has 2 heterocycles. The van der Waals surface area contributed by atoms with Gasteiger partial charge in [-0.05, 0) is 70.1 Å². The molecule has 0 aromatic heterocycles. The van der Waals surface area contributed by atoms with E-state index in [1.54, 1.807) is 19.1 Å². The largest absolute Gasteiger partial charge is 0.513 e. The Hall–Kier alpha value is -2.46. The van der Waals surface area contributed by atoms with Gasteiger partial charge in [0.2, 0.25) is 0 Å². The first-order chi connectivity index (χ1) is 16.2. The quantitative estimate of drug-likeness (QED) is 0.474. The lowest BCUT2D eigenvalue weighted by molar-refractivity contribution is -0.296. The van der Waals surface area contributed by atoms with Crippen LogP contribution >= 0.6 is 0 Å². The number of nitrogens with zero attached hydrogens (tertiary/aromatic N) is 2. The molecule has 0 bridgehead atoms. The molecule has 1 atom stereocenters. The number of aliphatic hydroxyl groups is 1. The van der Waals surface area contributed by atoms with E-state index >= 15 is 0 Å². The minimum Gasteiger partial charge on any atom is -0.434 e. The van der Waals surface area contributed by atoms with Crippen LogP contribution in [0.2, 0.25) is 0 Å². The number of benzene rings is 1. The highest BCUT2D eigenvalue weighted by atomic mass is 16.8. The molecule has 1 aromatic rings. The van der Waals surface area contributed by atoms with Crippen LogP contribution in [0.4, 0.5) is 4.79 Å². The molecule has 4 rings (SSSR count). The number of hydroxylamine groups is 4. The van der Waals surface area contributed by atoms with Gasteiger partial charge in [0, 0.05) is 19.0 Å². The van der Waals surface area contributed by atoms with Crippen molar-refractivity contribution in [3.63, 3.8) is 0 Å². The minimum absolute atomic E-state index is 0.00904. The number of aryl methyl sites for hydroxylation is 3. The Morgan fingerprint density at radius 2 is 1.79 bits per heavy atom. The zero-order chi connectivity index (χ0) is 24.6. The van der Waals surface area contributed by atoms with Crippen molar-refractivity contribution in [2.24, 2.45) is 5.92 Å². The lowest BCUT2D eigenvalue weighted by atomic mass is 9.84. The molecule has 1 unspecified atom stereocenters. The first-order valence-corrected chi connectivity index (χ1v) is 11.9. The average molecular weight is 475 g/mol. The van der Waals surface area contributed by atoms with E-state index in [2.05, 4.69) is 0 Å². The molecule has 3 aliphatic rings. The molecule has 1 saturated heterocycles. The minimum atomic E-state index is -1.11. The summed E-state index contributed by atoms with van der Waals surface area (Å²) in [4.78, 5) is 37.9. The van der Waals surface area contributed by atoms with Crippen LogP contribution in [0.15, 0.2) is 17.9 Å². The van der Waals surface area contributed by atoms with E-state index in [9.17, 15) is 14.7 Å². The van der Waals surface area contributed by atoms with Crippen molar-refractivity contribution < 1.29 is 33.8 Å². The smallest absolute Gasteiger partial charge is 0.434 e. The third-order valence-electron chi connectivity index (χ3n) is 6.86. The van der Waals surface area contributed by atoms with Crippen molar-refractivity contribution in [3.05, 3.63) is 40.1 Å². The summed E-state index contributed by atoms with van der Waals surface area (Å²) < 4.78 is 10.9. The highest BCUT2D eigenvalue weighted by Crippen LogP contribution is 2.49. The second kappa shape index (κ2) is 9.65. The molecule has 9 nitrogen and oxygen atoms in total. The van der Waals surface area contributed by atoms with Crippen LogP contribution in [-0.2, 0) is 23.9 Å². The predicted octanol–water partition coefficient (Wildman–Crippen LogP) is 3.39. The summed E-state index contributed by atoms with van der Waals surface area (Å²) >= 11 is 0. The maximum absolute atomic E-state index is 14.0. The first-order valence-electron chi connectivity index (χ1n) is 11.9. The van der Waals surface area contributed by atoms with Crippen molar-refractivity contribution >= 4 is 17.6 Å². The van der Waals surface area contributed by atoms with Crippen LogP contribution in [0, 0.1) is 26.7 Å². The van der Waals surface area contributed by atoms with Crippen molar-refractivity contribution in [1.29, 1.82) is 0 Å². The lowest BCUT2D eigenvalue weighted by Crippen LogP contribution is -2.56. The maximum Gasteiger partial charge on any atom is 0.513 e. The Bertz CT molecular complexity index is 970. The van der Waals surface area contributed by atoms with Crippen molar-refractivity contribution in [2.75, 3.05) is 26.8 Å². The van der Waals surface area contributed by atoms with Gasteiger partial charge < -0.3 is 19.4 Å². The summed E-state index contributed by atoms with van der Waals surface area (Å²) in [5.41, 5.74) is 2.75. The molecule has 1 aromatic carbocycles. The van der Waals surface area contributed by atoms with Gasteiger partial charge in [-0.1, -0.05) is 17.7 Å². The lowest BCUT2D eigenvalue weighted by Gasteiger charge is -2.43. The monoisotopic (exact) mass is 474 g/mol. The second-order valence-corrected chi connectivity index (χ2v) is 9.34. The van der Waals surface area contributed by atoms with E-state index in [0.717, 1.165) is 29.5 Å². The molecule has 1 N–H and O–H groups in total. The summed E-state index contributed by atoms with van der Waals surface area (Å²) in [6, 6.07) is 3.99. The number of hydrogen-bond donors (Lipinski definition) is 1. The Labute approximate surface area is 200 Å². The van der Waals surface area contributed by atoms with Gasteiger partial charge >= 0.3 is 6.16 Å². The van der Waals surface area contributed by atoms with E-state index in [4.69, 9.17) is 19.1 Å². The number of carbonyl (C=O) groups is 2. The number of amides is 1. The van der Waals surface area contributed by atoms with Gasteiger partial charge in [0.25, 0.3) is 5.91 Å². The van der Waals surface area contributed by atoms with Crippen molar-refractivity contribution in [3.8, 4) is 0 Å². The fourth-order valence-corrected chi connectivity index (χ4v) is 5.08. The van der Waals surface area contributed by atoms with Gasteiger partial charge in [-0.25, -0.2) is 14.7 Å². The van der Waals surface area contributed by atoms with Crippen LogP contribution in [0.1, 0.15) is 54.9 Å². The summed E-state index contributed by atoms with van der Waals surface area (Å²) in [6.45, 7) is 8.66. The van der Waals surface area contributed by atoms with Gasteiger partial charge in [0.1, 0.15) is 5.54 Å². The first kappa shape index (κ1) is 24.7. The van der Waals surface area contributed by atoms with Gasteiger partial charge in [-0.2, -0.15) is 5.06 Å². The molecule has 1 amide bonds. The number of rotatable bonds is 7. The van der Waals surface area contributed by atoms with Crippen molar-refractivity contribution in [2.45, 2.75) is 65.2 Å². The molecule has 1 aliphatic carbocycles.